The van der Waals surface area contributed by atoms with E-state index in [1.165, 1.54) is 5.56 Å². The highest BCUT2D eigenvalue weighted by Crippen LogP contribution is 2.27. The monoisotopic (exact) mass is 252 g/mol. The Morgan fingerprint density at radius 2 is 1.83 bits per heavy atom. The quantitative estimate of drug-likeness (QED) is 0.655. The number of nitrogens with one attached hydrogen (secondary N) is 1. The van der Waals surface area contributed by atoms with Gasteiger partial charge in [0, 0.05) is 0 Å². The van der Waals surface area contributed by atoms with Crippen LogP contribution in [0, 0.1) is 0 Å². The first kappa shape index (κ1) is 14.8. The van der Waals surface area contributed by atoms with Crippen molar-refractivity contribution in [3.63, 3.8) is 0 Å². The first-order valence-corrected chi connectivity index (χ1v) is 6.43. The molecule has 3 N–H and O–H groups in total. The van der Waals surface area contributed by atoms with Crippen molar-refractivity contribution >= 4 is 0 Å². The minimum atomic E-state index is 0.775. The summed E-state index contributed by atoms with van der Waals surface area (Å²) in [5, 5.41) is 3.41. The Labute approximate surface area is 109 Å². The van der Waals surface area contributed by atoms with E-state index >= 15 is 0 Å². The van der Waals surface area contributed by atoms with Crippen LogP contribution in [-0.4, -0.2) is 33.9 Å². The molecule has 0 saturated heterocycles. The number of benzene rings is 1. The molecule has 0 aliphatic heterocycles. The zero-order valence-corrected chi connectivity index (χ0v) is 11.4. The standard InChI is InChI=1S/C14H24N2O2/c1-17-13-6-5-12(11-14(13)18-2)7-10-16-9-4-3-8-15/h5-6,11,16H,3-4,7-10,15H2,1-2H3. The van der Waals surface area contributed by atoms with Crippen LogP contribution in [0.15, 0.2) is 18.2 Å². The molecule has 0 saturated carbocycles. The number of rotatable bonds is 9. The van der Waals surface area contributed by atoms with Crippen LogP contribution in [0.4, 0.5) is 0 Å². The van der Waals surface area contributed by atoms with Crippen LogP contribution in [0.3, 0.4) is 0 Å². The smallest absolute Gasteiger partial charge is 0.160 e. The molecule has 0 aliphatic rings. The zero-order valence-electron chi connectivity index (χ0n) is 11.4. The van der Waals surface area contributed by atoms with Gasteiger partial charge in [-0.05, 0) is 56.6 Å². The van der Waals surface area contributed by atoms with Gasteiger partial charge in [0.1, 0.15) is 0 Å². The lowest BCUT2D eigenvalue weighted by Crippen LogP contribution is -2.19. The molecule has 0 aliphatic carbocycles. The molecular weight excluding hydrogens is 228 g/mol. The molecule has 102 valence electrons. The first-order chi connectivity index (χ1) is 8.81. The average Bonchev–Trinajstić information content (AvgIpc) is 2.42. The lowest BCUT2D eigenvalue weighted by atomic mass is 10.1. The van der Waals surface area contributed by atoms with E-state index in [9.17, 15) is 0 Å². The van der Waals surface area contributed by atoms with Crippen molar-refractivity contribution in [2.75, 3.05) is 33.9 Å². The Bertz CT molecular complexity index is 343. The molecule has 4 heteroatoms. The minimum absolute atomic E-state index is 0.775. The zero-order chi connectivity index (χ0) is 13.2. The van der Waals surface area contributed by atoms with Crippen molar-refractivity contribution in [1.29, 1.82) is 0 Å². The van der Waals surface area contributed by atoms with Crippen LogP contribution in [0.5, 0.6) is 11.5 Å². The molecule has 1 rings (SSSR count). The van der Waals surface area contributed by atoms with Crippen LogP contribution in [-0.2, 0) is 6.42 Å². The number of ether oxygens (including phenoxy) is 2. The summed E-state index contributed by atoms with van der Waals surface area (Å²) >= 11 is 0. The van der Waals surface area contributed by atoms with Gasteiger partial charge in [-0.25, -0.2) is 0 Å². The number of nitrogens with two attached hydrogens (primary N) is 1. The maximum Gasteiger partial charge on any atom is 0.160 e. The van der Waals surface area contributed by atoms with E-state index in [2.05, 4.69) is 11.4 Å². The predicted octanol–water partition coefficient (Wildman–Crippen LogP) is 1.57. The number of unbranched alkanes of at least 4 members (excludes halogenated alkanes) is 1. The first-order valence-electron chi connectivity index (χ1n) is 6.43. The van der Waals surface area contributed by atoms with Crippen LogP contribution in [0.25, 0.3) is 0 Å². The maximum atomic E-state index is 5.44. The minimum Gasteiger partial charge on any atom is -0.493 e. The van der Waals surface area contributed by atoms with Crippen LogP contribution in [0.1, 0.15) is 18.4 Å². The van der Waals surface area contributed by atoms with Crippen molar-refractivity contribution in [1.82, 2.24) is 5.32 Å². The molecule has 4 nitrogen and oxygen atoms in total. The number of hydrogen-bond donors (Lipinski definition) is 2. The van der Waals surface area contributed by atoms with E-state index in [0.29, 0.717) is 0 Å². The van der Waals surface area contributed by atoms with E-state index in [4.69, 9.17) is 15.2 Å². The fourth-order valence-electron chi connectivity index (χ4n) is 1.79. The Hall–Kier alpha value is -1.26. The second-order valence-corrected chi connectivity index (χ2v) is 4.19. The summed E-state index contributed by atoms with van der Waals surface area (Å²) < 4.78 is 10.5. The maximum absolute atomic E-state index is 5.44. The van der Waals surface area contributed by atoms with Gasteiger partial charge in [-0.3, -0.25) is 0 Å². The summed E-state index contributed by atoms with van der Waals surface area (Å²) in [4.78, 5) is 0. The molecule has 0 fully saturated rings. The van der Waals surface area contributed by atoms with Gasteiger partial charge in [-0.1, -0.05) is 6.07 Å². The van der Waals surface area contributed by atoms with Crippen molar-refractivity contribution in [3.05, 3.63) is 23.8 Å². The lowest BCUT2D eigenvalue weighted by molar-refractivity contribution is 0.354. The van der Waals surface area contributed by atoms with E-state index < -0.39 is 0 Å². The topological polar surface area (TPSA) is 56.5 Å². The molecule has 0 unspecified atom stereocenters. The molecule has 0 atom stereocenters. The lowest BCUT2D eigenvalue weighted by Gasteiger charge is -2.10. The van der Waals surface area contributed by atoms with Gasteiger partial charge in [0.25, 0.3) is 0 Å². The van der Waals surface area contributed by atoms with Crippen molar-refractivity contribution in [2.45, 2.75) is 19.3 Å². The molecule has 0 heterocycles. The Morgan fingerprint density at radius 3 is 2.50 bits per heavy atom. The van der Waals surface area contributed by atoms with Crippen LogP contribution < -0.4 is 20.5 Å². The van der Waals surface area contributed by atoms with Crippen molar-refractivity contribution < 1.29 is 9.47 Å². The summed E-state index contributed by atoms with van der Waals surface area (Å²) in [7, 11) is 3.31. The summed E-state index contributed by atoms with van der Waals surface area (Å²) in [6.07, 6.45) is 3.22. The molecule has 0 bridgehead atoms. The van der Waals surface area contributed by atoms with Gasteiger partial charge >= 0.3 is 0 Å². The molecule has 18 heavy (non-hydrogen) atoms. The molecule has 1 aromatic rings. The Kier molecular flexibility index (Phi) is 7.22. The predicted molar refractivity (Wildman–Crippen MR) is 74.4 cm³/mol. The molecular formula is C14H24N2O2. The third-order valence-corrected chi connectivity index (χ3v) is 2.85. The van der Waals surface area contributed by atoms with Crippen LogP contribution >= 0.6 is 0 Å². The highest BCUT2D eigenvalue weighted by molar-refractivity contribution is 5.42. The molecule has 0 amide bonds. The fourth-order valence-corrected chi connectivity index (χ4v) is 1.79. The van der Waals surface area contributed by atoms with E-state index in [1.54, 1.807) is 14.2 Å². The van der Waals surface area contributed by atoms with Gasteiger partial charge in [-0.15, -0.1) is 0 Å². The second-order valence-electron chi connectivity index (χ2n) is 4.19. The SMILES string of the molecule is COc1ccc(CCNCCCCN)cc1OC. The number of hydrogen-bond acceptors (Lipinski definition) is 4. The highest BCUT2D eigenvalue weighted by atomic mass is 16.5. The van der Waals surface area contributed by atoms with Gasteiger partial charge < -0.3 is 20.5 Å². The summed E-state index contributed by atoms with van der Waals surface area (Å²) in [5.74, 6) is 1.57. The fraction of sp³-hybridized carbons (Fsp3) is 0.571. The largest absolute Gasteiger partial charge is 0.493 e. The molecule has 0 radical (unpaired) electrons. The molecule has 1 aromatic carbocycles. The van der Waals surface area contributed by atoms with Gasteiger partial charge in [0.2, 0.25) is 0 Å². The normalized spacial score (nSPS) is 10.4. The van der Waals surface area contributed by atoms with Gasteiger partial charge in [0.15, 0.2) is 11.5 Å². The van der Waals surface area contributed by atoms with Gasteiger partial charge in [0.05, 0.1) is 14.2 Å². The molecule has 0 aromatic heterocycles. The van der Waals surface area contributed by atoms with Crippen molar-refractivity contribution in [3.8, 4) is 11.5 Å². The third kappa shape index (κ3) is 4.94. The van der Waals surface area contributed by atoms with E-state index in [-0.39, 0.29) is 0 Å². The summed E-state index contributed by atoms with van der Waals surface area (Å²) in [6.45, 7) is 2.78. The van der Waals surface area contributed by atoms with E-state index in [1.807, 2.05) is 12.1 Å². The third-order valence-electron chi connectivity index (χ3n) is 2.85. The Morgan fingerprint density at radius 1 is 1.06 bits per heavy atom. The average molecular weight is 252 g/mol. The van der Waals surface area contributed by atoms with Crippen LogP contribution in [0.2, 0.25) is 0 Å². The van der Waals surface area contributed by atoms with E-state index in [0.717, 1.165) is 50.4 Å². The number of methoxy groups -OCH3 is 2. The van der Waals surface area contributed by atoms with Gasteiger partial charge in [-0.2, -0.15) is 0 Å². The summed E-state index contributed by atoms with van der Waals surface area (Å²) in [5.41, 5.74) is 6.69. The highest BCUT2D eigenvalue weighted by Gasteiger charge is 2.03. The summed E-state index contributed by atoms with van der Waals surface area (Å²) in [6, 6.07) is 6.05. The Balaban J connectivity index is 2.34. The van der Waals surface area contributed by atoms with Crippen molar-refractivity contribution in [2.24, 2.45) is 5.73 Å². The molecule has 0 spiro atoms. The second kappa shape index (κ2) is 8.78.